The molecule has 1 saturated carbocycles. The first kappa shape index (κ1) is 18.9. The Morgan fingerprint density at radius 2 is 1.46 bits per heavy atom. The highest BCUT2D eigenvalue weighted by Crippen LogP contribution is 2.23. The Kier molecular flexibility index (Phi) is 12.8. The third kappa shape index (κ3) is 15.0. The van der Waals surface area contributed by atoms with Gasteiger partial charge in [-0.1, -0.05) is 47.0 Å². The highest BCUT2D eigenvalue weighted by Gasteiger charge is 2.17. The van der Waals surface area contributed by atoms with Gasteiger partial charge < -0.3 is 11.9 Å². The first-order valence-electron chi connectivity index (χ1n) is 4.68. The van der Waals surface area contributed by atoms with E-state index in [1.54, 1.807) is 0 Å². The van der Waals surface area contributed by atoms with E-state index < -0.39 is 0 Å². The van der Waals surface area contributed by atoms with Crippen molar-refractivity contribution in [1.82, 2.24) is 6.15 Å². The monoisotopic (exact) mass is 210 g/mol. The Balaban J connectivity index is -0.000000170. The van der Waals surface area contributed by atoms with Crippen LogP contribution in [0.5, 0.6) is 0 Å². The molecule has 0 bridgehead atoms. The maximum atomic E-state index is 5.46. The van der Waals surface area contributed by atoms with Crippen molar-refractivity contribution >= 4 is 12.4 Å². The fourth-order valence-electron chi connectivity index (χ4n) is 0.354. The van der Waals surface area contributed by atoms with Crippen LogP contribution in [-0.4, -0.2) is 6.54 Å². The lowest BCUT2D eigenvalue weighted by Crippen LogP contribution is -2.24. The highest BCUT2D eigenvalue weighted by atomic mass is 35.5. The molecule has 2 nitrogen and oxygen atoms in total. The summed E-state index contributed by atoms with van der Waals surface area (Å²) in [4.78, 5) is 0. The predicted molar refractivity (Wildman–Crippen MR) is 63.8 cm³/mol. The average Bonchev–Trinajstić information content (AvgIpc) is 2.67. The van der Waals surface area contributed by atoms with Crippen molar-refractivity contribution in [1.29, 1.82) is 0 Å². The molecule has 1 aliphatic carbocycles. The molecule has 1 atom stereocenters. The van der Waals surface area contributed by atoms with Gasteiger partial charge in [-0.2, -0.15) is 0 Å². The largest absolute Gasteiger partial charge is 0.344 e. The molecule has 0 saturated heterocycles. The van der Waals surface area contributed by atoms with Gasteiger partial charge in [0, 0.05) is 0 Å². The summed E-state index contributed by atoms with van der Waals surface area (Å²) in [6.45, 7) is 9.61. The van der Waals surface area contributed by atoms with Gasteiger partial charge in [0.15, 0.2) is 0 Å². The van der Waals surface area contributed by atoms with Crippen molar-refractivity contribution in [2.75, 3.05) is 6.54 Å². The molecule has 1 fully saturated rings. The molecule has 1 rings (SSSR count). The summed E-state index contributed by atoms with van der Waals surface area (Å²) in [5, 5.41) is 0. The first-order chi connectivity index (χ1) is 4.98. The van der Waals surface area contributed by atoms with Gasteiger partial charge >= 0.3 is 0 Å². The van der Waals surface area contributed by atoms with Crippen LogP contribution < -0.4 is 11.9 Å². The Morgan fingerprint density at radius 1 is 1.15 bits per heavy atom. The summed E-state index contributed by atoms with van der Waals surface area (Å²) >= 11 is 0. The lowest BCUT2D eigenvalue weighted by atomic mass is 9.82. The van der Waals surface area contributed by atoms with E-state index in [0.717, 1.165) is 6.54 Å². The Bertz CT molecular complexity index is 94.8. The lowest BCUT2D eigenvalue weighted by Gasteiger charge is -2.25. The van der Waals surface area contributed by atoms with E-state index in [1.165, 1.54) is 19.3 Å². The lowest BCUT2D eigenvalue weighted by molar-refractivity contribution is 0.269. The molecular weight excluding hydrogens is 184 g/mol. The van der Waals surface area contributed by atoms with Crippen LogP contribution in [0.2, 0.25) is 0 Å². The summed E-state index contributed by atoms with van der Waals surface area (Å²) in [6.07, 6.45) is 4.50. The van der Waals surface area contributed by atoms with E-state index in [9.17, 15) is 0 Å². The Hall–Kier alpha value is 0.210. The third-order valence-corrected chi connectivity index (χ3v) is 2.19. The molecule has 0 aromatic carbocycles. The van der Waals surface area contributed by atoms with Gasteiger partial charge in [0.2, 0.25) is 0 Å². The normalized spacial score (nSPS) is 15.5. The van der Waals surface area contributed by atoms with Crippen LogP contribution in [0.1, 0.15) is 47.0 Å². The van der Waals surface area contributed by atoms with E-state index in [1.807, 2.05) is 0 Å². The summed E-state index contributed by atoms with van der Waals surface area (Å²) in [7, 11) is 0. The number of nitrogens with two attached hydrogens (primary N) is 1. The summed E-state index contributed by atoms with van der Waals surface area (Å²) in [5.74, 6) is 0.627. The van der Waals surface area contributed by atoms with Crippen molar-refractivity contribution in [2.45, 2.75) is 47.0 Å². The zero-order chi connectivity index (χ0) is 8.91. The van der Waals surface area contributed by atoms with Gasteiger partial charge in [0.25, 0.3) is 0 Å². The number of halogens is 1. The molecule has 84 valence electrons. The number of hydrogen-bond acceptors (Lipinski definition) is 2. The molecule has 0 radical (unpaired) electrons. The fourth-order valence-corrected chi connectivity index (χ4v) is 0.354. The zero-order valence-corrected chi connectivity index (χ0v) is 10.4. The first-order valence-corrected chi connectivity index (χ1v) is 4.68. The molecule has 0 aromatic heterocycles. The van der Waals surface area contributed by atoms with Crippen LogP contribution in [-0.2, 0) is 0 Å². The van der Waals surface area contributed by atoms with Gasteiger partial charge in [-0.3, -0.25) is 0 Å². The molecule has 0 heterocycles. The van der Waals surface area contributed by atoms with Crippen molar-refractivity contribution in [2.24, 2.45) is 17.1 Å². The second-order valence-corrected chi connectivity index (χ2v) is 4.56. The van der Waals surface area contributed by atoms with Crippen molar-refractivity contribution < 1.29 is 0 Å². The van der Waals surface area contributed by atoms with Gasteiger partial charge in [0.1, 0.15) is 0 Å². The Labute approximate surface area is 89.7 Å². The van der Waals surface area contributed by atoms with Gasteiger partial charge in [0.05, 0.1) is 0 Å². The second-order valence-electron chi connectivity index (χ2n) is 4.56. The molecular formula is C10H27ClN2. The molecule has 0 aliphatic heterocycles. The van der Waals surface area contributed by atoms with Gasteiger partial charge in [-0.15, -0.1) is 12.4 Å². The molecule has 0 aromatic rings. The zero-order valence-electron chi connectivity index (χ0n) is 9.60. The van der Waals surface area contributed by atoms with Crippen LogP contribution in [0.25, 0.3) is 0 Å². The third-order valence-electron chi connectivity index (χ3n) is 2.19. The van der Waals surface area contributed by atoms with Crippen LogP contribution in [0.4, 0.5) is 0 Å². The molecule has 1 unspecified atom stereocenters. The molecule has 0 spiro atoms. The van der Waals surface area contributed by atoms with E-state index in [0.29, 0.717) is 11.3 Å². The van der Waals surface area contributed by atoms with Crippen LogP contribution in [0.15, 0.2) is 0 Å². The van der Waals surface area contributed by atoms with Crippen LogP contribution in [0.3, 0.4) is 0 Å². The van der Waals surface area contributed by atoms with E-state index in [4.69, 9.17) is 5.73 Å². The van der Waals surface area contributed by atoms with E-state index >= 15 is 0 Å². The molecule has 1 aliphatic rings. The summed E-state index contributed by atoms with van der Waals surface area (Å²) in [6, 6.07) is 0. The van der Waals surface area contributed by atoms with Crippen LogP contribution >= 0.6 is 12.4 Å². The minimum atomic E-state index is 0. The quantitative estimate of drug-likeness (QED) is 0.697. The van der Waals surface area contributed by atoms with E-state index in [2.05, 4.69) is 27.7 Å². The minimum absolute atomic E-state index is 0. The van der Waals surface area contributed by atoms with Gasteiger partial charge in [-0.25, -0.2) is 0 Å². The minimum Gasteiger partial charge on any atom is -0.344 e. The van der Waals surface area contributed by atoms with Crippen molar-refractivity contribution in [3.63, 3.8) is 0 Å². The van der Waals surface area contributed by atoms with Gasteiger partial charge in [-0.05, 0) is 17.9 Å². The SMILES string of the molecule is C1CC1.CC(CN)C(C)(C)C.Cl.N. The average molecular weight is 211 g/mol. The van der Waals surface area contributed by atoms with Crippen molar-refractivity contribution in [3.8, 4) is 0 Å². The molecule has 13 heavy (non-hydrogen) atoms. The van der Waals surface area contributed by atoms with E-state index in [-0.39, 0.29) is 18.6 Å². The maximum absolute atomic E-state index is 5.46. The maximum Gasteiger partial charge on any atom is -0.00465 e. The number of rotatable bonds is 1. The Morgan fingerprint density at radius 3 is 1.46 bits per heavy atom. The number of hydrogen-bond donors (Lipinski definition) is 2. The van der Waals surface area contributed by atoms with Crippen molar-refractivity contribution in [3.05, 3.63) is 0 Å². The predicted octanol–water partition coefficient (Wildman–Crippen LogP) is 3.38. The standard InChI is InChI=1S/C7H17N.C3H6.ClH.H3N/c1-6(5-8)7(2,3)4;1-2-3-1;;/h6H,5,8H2,1-4H3;1-3H2;1H;1H3. The molecule has 5 N–H and O–H groups in total. The van der Waals surface area contributed by atoms with Crippen LogP contribution in [0, 0.1) is 11.3 Å². The fraction of sp³-hybridized carbons (Fsp3) is 1.00. The summed E-state index contributed by atoms with van der Waals surface area (Å²) in [5.41, 5.74) is 5.84. The second kappa shape index (κ2) is 8.79. The summed E-state index contributed by atoms with van der Waals surface area (Å²) < 4.78 is 0. The smallest absolute Gasteiger partial charge is 0.00465 e. The topological polar surface area (TPSA) is 61.0 Å². The molecule has 0 amide bonds. The molecule has 3 heteroatoms. The highest BCUT2D eigenvalue weighted by molar-refractivity contribution is 5.85.